The molecule has 0 saturated heterocycles. The van der Waals surface area contributed by atoms with Crippen molar-refractivity contribution in [3.8, 4) is 0 Å². The van der Waals surface area contributed by atoms with Gasteiger partial charge in [-0.1, -0.05) is 19.8 Å². The van der Waals surface area contributed by atoms with Gasteiger partial charge in [0.2, 0.25) is 0 Å². The second-order valence-electron chi connectivity index (χ2n) is 4.92. The summed E-state index contributed by atoms with van der Waals surface area (Å²) in [5.41, 5.74) is 1.30. The molecule has 1 fully saturated rings. The van der Waals surface area contributed by atoms with E-state index in [1.54, 1.807) is 11.3 Å². The lowest BCUT2D eigenvalue weighted by Gasteiger charge is -2.29. The fourth-order valence-corrected chi connectivity index (χ4v) is 3.17. The van der Waals surface area contributed by atoms with E-state index in [-0.39, 0.29) is 6.10 Å². The third-order valence-corrected chi connectivity index (χ3v) is 4.36. The highest BCUT2D eigenvalue weighted by Gasteiger charge is 2.24. The molecule has 0 bridgehead atoms. The highest BCUT2D eigenvalue weighted by molar-refractivity contribution is 7.07. The summed E-state index contributed by atoms with van der Waals surface area (Å²) < 4.78 is 0. The molecule has 0 radical (unpaired) electrons. The summed E-state index contributed by atoms with van der Waals surface area (Å²) in [5, 5.41) is 14.4. The molecule has 1 aliphatic carbocycles. The van der Waals surface area contributed by atoms with E-state index in [0.29, 0.717) is 5.92 Å². The molecule has 1 saturated carbocycles. The molecule has 2 rings (SSSR count). The first kappa shape index (κ1) is 11.2. The second kappa shape index (κ2) is 5.13. The standard InChI is InChI=1S/C13H20OS/c1-10-2-4-12(5-3-10)13(14)8-11-6-7-15-9-11/h6-7,9-10,12-14H,2-5,8H2,1H3. The summed E-state index contributed by atoms with van der Waals surface area (Å²) >= 11 is 1.72. The van der Waals surface area contributed by atoms with E-state index in [1.807, 2.05) is 0 Å². The van der Waals surface area contributed by atoms with Crippen LogP contribution in [0.25, 0.3) is 0 Å². The minimum absolute atomic E-state index is 0.118. The maximum atomic E-state index is 10.1. The second-order valence-corrected chi connectivity index (χ2v) is 5.70. The Hall–Kier alpha value is -0.340. The lowest BCUT2D eigenvalue weighted by molar-refractivity contribution is 0.0761. The van der Waals surface area contributed by atoms with E-state index in [4.69, 9.17) is 0 Å². The molecule has 0 amide bonds. The molecule has 0 aromatic carbocycles. The molecule has 15 heavy (non-hydrogen) atoms. The van der Waals surface area contributed by atoms with Crippen LogP contribution in [0.2, 0.25) is 0 Å². The fraction of sp³-hybridized carbons (Fsp3) is 0.692. The van der Waals surface area contributed by atoms with Crippen LogP contribution in [-0.2, 0) is 6.42 Å². The van der Waals surface area contributed by atoms with Crippen molar-refractivity contribution in [2.75, 3.05) is 0 Å². The van der Waals surface area contributed by atoms with Gasteiger partial charge in [-0.25, -0.2) is 0 Å². The van der Waals surface area contributed by atoms with Crippen molar-refractivity contribution >= 4 is 11.3 Å². The van der Waals surface area contributed by atoms with Crippen LogP contribution in [-0.4, -0.2) is 11.2 Å². The molecule has 0 aliphatic heterocycles. The normalized spacial score (nSPS) is 28.9. The minimum Gasteiger partial charge on any atom is -0.392 e. The Labute approximate surface area is 96.1 Å². The Balaban J connectivity index is 1.83. The number of hydrogen-bond acceptors (Lipinski definition) is 2. The molecule has 1 aliphatic rings. The third kappa shape index (κ3) is 3.05. The average molecular weight is 224 g/mol. The van der Waals surface area contributed by atoms with Crippen LogP contribution in [0.1, 0.15) is 38.2 Å². The Morgan fingerprint density at radius 2 is 2.13 bits per heavy atom. The van der Waals surface area contributed by atoms with Crippen molar-refractivity contribution in [2.24, 2.45) is 11.8 Å². The van der Waals surface area contributed by atoms with Gasteiger partial charge in [-0.15, -0.1) is 0 Å². The van der Waals surface area contributed by atoms with Crippen LogP contribution >= 0.6 is 11.3 Å². The lowest BCUT2D eigenvalue weighted by atomic mass is 9.79. The van der Waals surface area contributed by atoms with Gasteiger partial charge in [0.05, 0.1) is 6.10 Å². The van der Waals surface area contributed by atoms with E-state index >= 15 is 0 Å². The molecule has 1 aromatic rings. The molecule has 2 heteroatoms. The van der Waals surface area contributed by atoms with Crippen molar-refractivity contribution < 1.29 is 5.11 Å². The summed E-state index contributed by atoms with van der Waals surface area (Å²) in [6.45, 7) is 2.32. The summed E-state index contributed by atoms with van der Waals surface area (Å²) in [6, 6.07) is 2.12. The molecule has 1 atom stereocenters. The predicted molar refractivity (Wildman–Crippen MR) is 65.2 cm³/mol. The van der Waals surface area contributed by atoms with E-state index in [0.717, 1.165) is 12.3 Å². The van der Waals surface area contributed by atoms with Crippen LogP contribution in [0.15, 0.2) is 16.8 Å². The maximum Gasteiger partial charge on any atom is 0.0609 e. The van der Waals surface area contributed by atoms with Crippen molar-refractivity contribution in [1.82, 2.24) is 0 Å². The van der Waals surface area contributed by atoms with Crippen LogP contribution in [0.3, 0.4) is 0 Å². The van der Waals surface area contributed by atoms with Gasteiger partial charge < -0.3 is 5.11 Å². The third-order valence-electron chi connectivity index (χ3n) is 3.63. The smallest absolute Gasteiger partial charge is 0.0609 e. The number of rotatable bonds is 3. The van der Waals surface area contributed by atoms with E-state index in [9.17, 15) is 5.11 Å². The molecular formula is C13H20OS. The average Bonchev–Trinajstić information content (AvgIpc) is 2.71. The van der Waals surface area contributed by atoms with Crippen molar-refractivity contribution in [1.29, 1.82) is 0 Å². The fourth-order valence-electron chi connectivity index (χ4n) is 2.49. The van der Waals surface area contributed by atoms with Gasteiger partial charge in [0.15, 0.2) is 0 Å². The zero-order valence-electron chi connectivity index (χ0n) is 9.36. The Morgan fingerprint density at radius 3 is 2.73 bits per heavy atom. The highest BCUT2D eigenvalue weighted by Crippen LogP contribution is 2.31. The number of aliphatic hydroxyl groups is 1. The zero-order valence-corrected chi connectivity index (χ0v) is 10.2. The quantitative estimate of drug-likeness (QED) is 0.833. The van der Waals surface area contributed by atoms with E-state index in [2.05, 4.69) is 23.8 Å². The van der Waals surface area contributed by atoms with Crippen LogP contribution in [0.4, 0.5) is 0 Å². The SMILES string of the molecule is CC1CCC(C(O)Cc2ccsc2)CC1. The summed E-state index contributed by atoms with van der Waals surface area (Å²) in [5.74, 6) is 1.41. The molecule has 1 nitrogen and oxygen atoms in total. The summed E-state index contributed by atoms with van der Waals surface area (Å²) in [7, 11) is 0. The lowest BCUT2D eigenvalue weighted by Crippen LogP contribution is -2.26. The molecule has 1 heterocycles. The van der Waals surface area contributed by atoms with Crippen LogP contribution in [0, 0.1) is 11.8 Å². The van der Waals surface area contributed by atoms with Crippen LogP contribution in [0.5, 0.6) is 0 Å². The first-order valence-electron chi connectivity index (χ1n) is 5.95. The molecule has 1 aromatic heterocycles. The minimum atomic E-state index is -0.118. The highest BCUT2D eigenvalue weighted by atomic mass is 32.1. The Bertz CT molecular complexity index is 273. The maximum absolute atomic E-state index is 10.1. The monoisotopic (exact) mass is 224 g/mol. The van der Waals surface area contributed by atoms with Gasteiger partial charge in [-0.2, -0.15) is 11.3 Å². The zero-order chi connectivity index (χ0) is 10.7. The van der Waals surface area contributed by atoms with Gasteiger partial charge in [-0.3, -0.25) is 0 Å². The Kier molecular flexibility index (Phi) is 3.81. The van der Waals surface area contributed by atoms with Gasteiger partial charge >= 0.3 is 0 Å². The largest absolute Gasteiger partial charge is 0.392 e. The predicted octanol–water partition coefficient (Wildman–Crippen LogP) is 3.48. The molecular weight excluding hydrogens is 204 g/mol. The van der Waals surface area contributed by atoms with Crippen molar-refractivity contribution in [2.45, 2.75) is 45.1 Å². The van der Waals surface area contributed by atoms with E-state index in [1.165, 1.54) is 31.2 Å². The molecule has 1 unspecified atom stereocenters. The van der Waals surface area contributed by atoms with E-state index < -0.39 is 0 Å². The van der Waals surface area contributed by atoms with Gasteiger partial charge in [0.1, 0.15) is 0 Å². The molecule has 84 valence electrons. The number of hydrogen-bond donors (Lipinski definition) is 1. The molecule has 1 N–H and O–H groups in total. The number of thiophene rings is 1. The molecule has 0 spiro atoms. The van der Waals surface area contributed by atoms with Crippen molar-refractivity contribution in [3.63, 3.8) is 0 Å². The van der Waals surface area contributed by atoms with Crippen LogP contribution < -0.4 is 0 Å². The first-order chi connectivity index (χ1) is 7.25. The van der Waals surface area contributed by atoms with Gasteiger partial charge in [-0.05, 0) is 53.5 Å². The van der Waals surface area contributed by atoms with Crippen molar-refractivity contribution in [3.05, 3.63) is 22.4 Å². The van der Waals surface area contributed by atoms with Gasteiger partial charge in [0, 0.05) is 0 Å². The van der Waals surface area contributed by atoms with Gasteiger partial charge in [0.25, 0.3) is 0 Å². The summed E-state index contributed by atoms with van der Waals surface area (Å²) in [4.78, 5) is 0. The number of aliphatic hydroxyl groups excluding tert-OH is 1. The summed E-state index contributed by atoms with van der Waals surface area (Å²) in [6.07, 6.45) is 5.75. The first-order valence-corrected chi connectivity index (χ1v) is 6.89. The topological polar surface area (TPSA) is 20.2 Å². The Morgan fingerprint density at radius 1 is 1.40 bits per heavy atom.